The number of nitrogens with zero attached hydrogens (tertiary/aromatic N) is 3. The molecule has 0 atom stereocenters. The van der Waals surface area contributed by atoms with Crippen LogP contribution in [0, 0.1) is 0 Å². The third kappa shape index (κ3) is 2.80. The molecular formula is C16H26N4. The minimum absolute atomic E-state index is 0.0203. The Kier molecular flexibility index (Phi) is 3.44. The van der Waals surface area contributed by atoms with E-state index in [9.17, 15) is 0 Å². The van der Waals surface area contributed by atoms with Gasteiger partial charge in [0.25, 0.3) is 0 Å². The van der Waals surface area contributed by atoms with Crippen molar-refractivity contribution in [3.05, 3.63) is 17.7 Å². The summed E-state index contributed by atoms with van der Waals surface area (Å²) in [7, 11) is 0. The quantitative estimate of drug-likeness (QED) is 0.900. The van der Waals surface area contributed by atoms with Gasteiger partial charge in [0.2, 0.25) is 0 Å². The first kappa shape index (κ1) is 13.8. The molecule has 1 saturated heterocycles. The molecule has 1 aromatic rings. The van der Waals surface area contributed by atoms with Crippen LogP contribution in [-0.2, 0) is 5.41 Å². The average Bonchev–Trinajstić information content (AvgIpc) is 3.22. The molecule has 0 aromatic carbocycles. The lowest BCUT2D eigenvalue weighted by Gasteiger charge is -2.33. The van der Waals surface area contributed by atoms with Gasteiger partial charge in [-0.3, -0.25) is 0 Å². The van der Waals surface area contributed by atoms with Crippen LogP contribution in [0.5, 0.6) is 0 Å². The third-order valence-corrected chi connectivity index (χ3v) is 4.31. The standard InChI is InChI=1S/C16H26N4/c1-16(2,3)15-18-10-13(14(19-15)11-4-5-11)20-8-6-12(17)7-9-20/h10-12H,4-9,17H2,1-3H3. The Bertz CT molecular complexity index is 480. The number of hydrogen-bond donors (Lipinski definition) is 1. The first-order valence-corrected chi connectivity index (χ1v) is 7.83. The van der Waals surface area contributed by atoms with E-state index < -0.39 is 0 Å². The summed E-state index contributed by atoms with van der Waals surface area (Å²) in [6.07, 6.45) is 6.76. The molecule has 4 nitrogen and oxygen atoms in total. The summed E-state index contributed by atoms with van der Waals surface area (Å²) in [6, 6.07) is 0.366. The number of piperidine rings is 1. The summed E-state index contributed by atoms with van der Waals surface area (Å²) in [5.74, 6) is 1.63. The molecule has 1 saturated carbocycles. The Morgan fingerprint density at radius 2 is 1.80 bits per heavy atom. The fourth-order valence-electron chi connectivity index (χ4n) is 2.79. The molecule has 0 amide bonds. The van der Waals surface area contributed by atoms with Gasteiger partial charge in [-0.25, -0.2) is 9.97 Å². The van der Waals surface area contributed by atoms with Crippen molar-refractivity contribution < 1.29 is 0 Å². The second-order valence-corrected chi connectivity index (χ2v) is 7.31. The second kappa shape index (κ2) is 4.99. The van der Waals surface area contributed by atoms with Crippen LogP contribution in [0.25, 0.3) is 0 Å². The molecule has 2 N–H and O–H groups in total. The lowest BCUT2D eigenvalue weighted by Crippen LogP contribution is -2.40. The van der Waals surface area contributed by atoms with Crippen LogP contribution in [-0.4, -0.2) is 29.1 Å². The Hall–Kier alpha value is -1.16. The fraction of sp³-hybridized carbons (Fsp3) is 0.750. The first-order chi connectivity index (χ1) is 9.45. The number of nitrogens with two attached hydrogens (primary N) is 1. The molecule has 2 heterocycles. The molecule has 1 aliphatic carbocycles. The van der Waals surface area contributed by atoms with Crippen LogP contribution in [0.1, 0.15) is 63.9 Å². The van der Waals surface area contributed by atoms with E-state index in [2.05, 4.69) is 36.9 Å². The zero-order chi connectivity index (χ0) is 14.3. The maximum atomic E-state index is 6.01. The summed E-state index contributed by atoms with van der Waals surface area (Å²) < 4.78 is 0. The largest absolute Gasteiger partial charge is 0.369 e. The predicted octanol–water partition coefficient (Wildman–Crippen LogP) is 2.58. The van der Waals surface area contributed by atoms with Crippen molar-refractivity contribution in [2.45, 2.75) is 63.8 Å². The first-order valence-electron chi connectivity index (χ1n) is 7.83. The maximum Gasteiger partial charge on any atom is 0.134 e. The lowest BCUT2D eigenvalue weighted by molar-refractivity contribution is 0.497. The van der Waals surface area contributed by atoms with Gasteiger partial charge in [-0.15, -0.1) is 0 Å². The second-order valence-electron chi connectivity index (χ2n) is 7.31. The monoisotopic (exact) mass is 274 g/mol. The van der Waals surface area contributed by atoms with E-state index in [1.165, 1.54) is 24.2 Å². The minimum Gasteiger partial charge on any atom is -0.369 e. The Morgan fingerprint density at radius 1 is 1.15 bits per heavy atom. The molecule has 20 heavy (non-hydrogen) atoms. The molecular weight excluding hydrogens is 248 g/mol. The van der Waals surface area contributed by atoms with Gasteiger partial charge in [0, 0.05) is 30.5 Å². The maximum absolute atomic E-state index is 6.01. The van der Waals surface area contributed by atoms with Crippen LogP contribution in [0.2, 0.25) is 0 Å². The van der Waals surface area contributed by atoms with Crippen LogP contribution < -0.4 is 10.6 Å². The molecule has 1 aliphatic heterocycles. The van der Waals surface area contributed by atoms with E-state index in [-0.39, 0.29) is 5.41 Å². The van der Waals surface area contributed by atoms with Gasteiger partial charge in [0.1, 0.15) is 5.82 Å². The number of hydrogen-bond acceptors (Lipinski definition) is 4. The topological polar surface area (TPSA) is 55.0 Å². The van der Waals surface area contributed by atoms with Crippen molar-refractivity contribution in [2.75, 3.05) is 18.0 Å². The highest BCUT2D eigenvalue weighted by atomic mass is 15.2. The number of aromatic nitrogens is 2. The number of anilines is 1. The van der Waals surface area contributed by atoms with Gasteiger partial charge >= 0.3 is 0 Å². The van der Waals surface area contributed by atoms with Crippen LogP contribution in [0.15, 0.2) is 6.20 Å². The van der Waals surface area contributed by atoms with Crippen LogP contribution in [0.3, 0.4) is 0 Å². The van der Waals surface area contributed by atoms with E-state index in [0.717, 1.165) is 31.8 Å². The van der Waals surface area contributed by atoms with Gasteiger partial charge in [0.15, 0.2) is 0 Å². The molecule has 0 unspecified atom stereocenters. The van der Waals surface area contributed by atoms with Crippen molar-refractivity contribution in [3.8, 4) is 0 Å². The van der Waals surface area contributed by atoms with Gasteiger partial charge in [-0.05, 0) is 25.7 Å². The van der Waals surface area contributed by atoms with Crippen molar-refractivity contribution in [1.29, 1.82) is 0 Å². The van der Waals surface area contributed by atoms with Crippen molar-refractivity contribution in [3.63, 3.8) is 0 Å². The normalized spacial score (nSPS) is 21.3. The van der Waals surface area contributed by atoms with Crippen molar-refractivity contribution in [2.24, 2.45) is 5.73 Å². The molecule has 1 aromatic heterocycles. The summed E-state index contributed by atoms with van der Waals surface area (Å²) in [5, 5.41) is 0. The smallest absolute Gasteiger partial charge is 0.134 e. The summed E-state index contributed by atoms with van der Waals surface area (Å²) >= 11 is 0. The van der Waals surface area contributed by atoms with Gasteiger partial charge in [-0.1, -0.05) is 20.8 Å². The van der Waals surface area contributed by atoms with Crippen LogP contribution >= 0.6 is 0 Å². The Balaban J connectivity index is 1.90. The highest BCUT2D eigenvalue weighted by Crippen LogP contribution is 2.44. The predicted molar refractivity (Wildman–Crippen MR) is 82.1 cm³/mol. The fourth-order valence-corrected chi connectivity index (χ4v) is 2.79. The Morgan fingerprint density at radius 3 is 2.35 bits per heavy atom. The van der Waals surface area contributed by atoms with Crippen molar-refractivity contribution >= 4 is 5.69 Å². The minimum atomic E-state index is 0.0203. The van der Waals surface area contributed by atoms with Gasteiger partial charge in [-0.2, -0.15) is 0 Å². The zero-order valence-electron chi connectivity index (χ0n) is 12.9. The van der Waals surface area contributed by atoms with E-state index in [1.54, 1.807) is 0 Å². The van der Waals surface area contributed by atoms with Crippen molar-refractivity contribution in [1.82, 2.24) is 9.97 Å². The van der Waals surface area contributed by atoms with E-state index in [1.807, 2.05) is 0 Å². The van der Waals surface area contributed by atoms with Gasteiger partial charge in [0.05, 0.1) is 17.6 Å². The molecule has 4 heteroatoms. The summed E-state index contributed by atoms with van der Waals surface area (Å²) in [5.41, 5.74) is 8.56. The average molecular weight is 274 g/mol. The molecule has 0 spiro atoms. The molecule has 2 aliphatic rings. The number of rotatable bonds is 2. The lowest BCUT2D eigenvalue weighted by atomic mass is 9.95. The van der Waals surface area contributed by atoms with E-state index in [4.69, 9.17) is 10.7 Å². The molecule has 2 fully saturated rings. The van der Waals surface area contributed by atoms with Crippen LogP contribution in [0.4, 0.5) is 5.69 Å². The molecule has 3 rings (SSSR count). The highest BCUT2D eigenvalue weighted by molar-refractivity contribution is 5.52. The highest BCUT2D eigenvalue weighted by Gasteiger charge is 2.32. The molecule has 0 radical (unpaired) electrons. The SMILES string of the molecule is CC(C)(C)c1ncc(N2CCC(N)CC2)c(C2CC2)n1. The third-order valence-electron chi connectivity index (χ3n) is 4.31. The Labute approximate surface area is 121 Å². The van der Waals surface area contributed by atoms with E-state index >= 15 is 0 Å². The van der Waals surface area contributed by atoms with Gasteiger partial charge < -0.3 is 10.6 Å². The van der Waals surface area contributed by atoms with E-state index in [0.29, 0.717) is 12.0 Å². The zero-order valence-corrected chi connectivity index (χ0v) is 12.9. The molecule has 110 valence electrons. The molecule has 0 bridgehead atoms. The summed E-state index contributed by atoms with van der Waals surface area (Å²) in [6.45, 7) is 8.62. The summed E-state index contributed by atoms with van der Waals surface area (Å²) in [4.78, 5) is 12.0.